The second-order valence-corrected chi connectivity index (χ2v) is 4.53. The first-order valence-corrected chi connectivity index (χ1v) is 6.88. The number of rotatable bonds is 8. The lowest BCUT2D eigenvalue weighted by Crippen LogP contribution is -2.21. The van der Waals surface area contributed by atoms with Crippen molar-refractivity contribution in [3.8, 4) is 0 Å². The van der Waals surface area contributed by atoms with Gasteiger partial charge in [-0.2, -0.15) is 0 Å². The number of halogens is 2. The molecule has 1 N–H and O–H groups in total. The van der Waals surface area contributed by atoms with Crippen molar-refractivity contribution in [1.29, 1.82) is 0 Å². The number of anilines is 1. The van der Waals surface area contributed by atoms with Gasteiger partial charge in [0.15, 0.2) is 6.29 Å². The molecule has 0 amide bonds. The first kappa shape index (κ1) is 15.4. The van der Waals surface area contributed by atoms with Crippen LogP contribution in [-0.2, 0) is 9.47 Å². The van der Waals surface area contributed by atoms with Crippen LogP contribution in [0.4, 0.5) is 10.1 Å². The summed E-state index contributed by atoms with van der Waals surface area (Å²) in [5, 5.41) is 3.21. The number of nitrogens with one attached hydrogen (secondary N) is 1. The lowest BCUT2D eigenvalue weighted by atomic mass is 10.3. The highest BCUT2D eigenvalue weighted by molar-refractivity contribution is 9.10. The second-order valence-electron chi connectivity index (χ2n) is 3.68. The summed E-state index contributed by atoms with van der Waals surface area (Å²) in [4.78, 5) is 0. The molecule has 0 radical (unpaired) electrons. The van der Waals surface area contributed by atoms with Gasteiger partial charge in [-0.15, -0.1) is 0 Å². The lowest BCUT2D eigenvalue weighted by Gasteiger charge is -2.17. The summed E-state index contributed by atoms with van der Waals surface area (Å²) in [7, 11) is 0. The molecule has 1 aromatic rings. The Hall–Kier alpha value is -0.650. The fraction of sp³-hybridized carbons (Fsp3) is 0.538. The average molecular weight is 320 g/mol. The molecule has 0 atom stereocenters. The molecule has 18 heavy (non-hydrogen) atoms. The number of hydrogen-bond donors (Lipinski definition) is 1. The van der Waals surface area contributed by atoms with Crippen LogP contribution in [0.5, 0.6) is 0 Å². The maximum absolute atomic E-state index is 12.9. The van der Waals surface area contributed by atoms with E-state index in [2.05, 4.69) is 21.2 Å². The zero-order chi connectivity index (χ0) is 13.4. The summed E-state index contributed by atoms with van der Waals surface area (Å²) in [6, 6.07) is 4.57. The maximum Gasteiger partial charge on any atom is 0.159 e. The van der Waals surface area contributed by atoms with Crippen molar-refractivity contribution in [2.75, 3.05) is 25.1 Å². The molecular formula is C13H19BrFNO2. The van der Waals surface area contributed by atoms with E-state index in [1.165, 1.54) is 12.1 Å². The monoisotopic (exact) mass is 319 g/mol. The summed E-state index contributed by atoms with van der Waals surface area (Å²) in [6.07, 6.45) is 0.553. The van der Waals surface area contributed by atoms with E-state index in [0.29, 0.717) is 24.2 Å². The van der Waals surface area contributed by atoms with Crippen LogP contribution in [0, 0.1) is 5.82 Å². The molecule has 0 saturated heterocycles. The Kier molecular flexibility index (Phi) is 7.23. The third kappa shape index (κ3) is 5.33. The predicted octanol–water partition coefficient (Wildman–Crippen LogP) is 3.79. The molecule has 1 aromatic carbocycles. The average Bonchev–Trinajstić information content (AvgIpc) is 2.32. The van der Waals surface area contributed by atoms with Gasteiger partial charge in [-0.05, 0) is 48.0 Å². The van der Waals surface area contributed by atoms with Crippen molar-refractivity contribution in [1.82, 2.24) is 0 Å². The van der Waals surface area contributed by atoms with Crippen molar-refractivity contribution in [2.45, 2.75) is 26.6 Å². The topological polar surface area (TPSA) is 30.5 Å². The van der Waals surface area contributed by atoms with E-state index in [1.807, 2.05) is 13.8 Å². The SMILES string of the molecule is CCOC(CCNc1ccc(F)cc1Br)OCC. The Balaban J connectivity index is 2.39. The van der Waals surface area contributed by atoms with Gasteiger partial charge in [0.05, 0.1) is 0 Å². The summed E-state index contributed by atoms with van der Waals surface area (Å²) in [5.41, 5.74) is 0.864. The van der Waals surface area contributed by atoms with Gasteiger partial charge in [0.25, 0.3) is 0 Å². The predicted molar refractivity (Wildman–Crippen MR) is 74.2 cm³/mol. The molecule has 0 aliphatic rings. The molecule has 0 aliphatic carbocycles. The van der Waals surface area contributed by atoms with Crippen LogP contribution < -0.4 is 5.32 Å². The summed E-state index contributed by atoms with van der Waals surface area (Å²) >= 11 is 3.31. The molecule has 3 nitrogen and oxygen atoms in total. The van der Waals surface area contributed by atoms with Crippen LogP contribution in [0.3, 0.4) is 0 Å². The van der Waals surface area contributed by atoms with E-state index in [4.69, 9.17) is 9.47 Å². The van der Waals surface area contributed by atoms with Gasteiger partial charge in [-0.3, -0.25) is 0 Å². The normalized spacial score (nSPS) is 10.9. The number of hydrogen-bond acceptors (Lipinski definition) is 3. The minimum Gasteiger partial charge on any atom is -0.384 e. The Morgan fingerprint density at radius 1 is 1.28 bits per heavy atom. The van der Waals surface area contributed by atoms with E-state index in [-0.39, 0.29) is 12.1 Å². The molecule has 0 aromatic heterocycles. The van der Waals surface area contributed by atoms with Gasteiger partial charge in [0.2, 0.25) is 0 Å². The molecule has 0 unspecified atom stereocenters. The Labute approximate surface area is 116 Å². The molecule has 0 saturated carbocycles. The zero-order valence-corrected chi connectivity index (χ0v) is 12.3. The van der Waals surface area contributed by atoms with Crippen LogP contribution >= 0.6 is 15.9 Å². The molecule has 0 fully saturated rings. The highest BCUT2D eigenvalue weighted by atomic mass is 79.9. The van der Waals surface area contributed by atoms with Crippen LogP contribution in [0.15, 0.2) is 22.7 Å². The fourth-order valence-electron chi connectivity index (χ4n) is 1.54. The van der Waals surface area contributed by atoms with Gasteiger partial charge in [-0.25, -0.2) is 4.39 Å². The largest absolute Gasteiger partial charge is 0.384 e. The number of ether oxygens (including phenoxy) is 2. The maximum atomic E-state index is 12.9. The van der Waals surface area contributed by atoms with Gasteiger partial charge >= 0.3 is 0 Å². The van der Waals surface area contributed by atoms with E-state index in [9.17, 15) is 4.39 Å². The lowest BCUT2D eigenvalue weighted by molar-refractivity contribution is -0.137. The number of benzene rings is 1. The Morgan fingerprint density at radius 2 is 1.94 bits per heavy atom. The van der Waals surface area contributed by atoms with Crippen LogP contribution in [0.2, 0.25) is 0 Å². The second kappa shape index (κ2) is 8.45. The van der Waals surface area contributed by atoms with Crippen molar-refractivity contribution in [3.63, 3.8) is 0 Å². The molecule has 1 rings (SSSR count). The fourth-order valence-corrected chi connectivity index (χ4v) is 2.04. The zero-order valence-electron chi connectivity index (χ0n) is 10.7. The molecule has 102 valence electrons. The minimum atomic E-state index is -0.256. The van der Waals surface area contributed by atoms with Crippen LogP contribution in [0.1, 0.15) is 20.3 Å². The minimum absolute atomic E-state index is 0.188. The molecule has 5 heteroatoms. The summed E-state index contributed by atoms with van der Waals surface area (Å²) < 4.78 is 24.5. The Morgan fingerprint density at radius 3 is 2.50 bits per heavy atom. The van der Waals surface area contributed by atoms with Gasteiger partial charge in [0, 0.05) is 36.3 Å². The Bertz CT molecular complexity index is 357. The van der Waals surface area contributed by atoms with Crippen molar-refractivity contribution in [2.24, 2.45) is 0 Å². The quantitative estimate of drug-likeness (QED) is 0.739. The first-order valence-electron chi connectivity index (χ1n) is 6.09. The highest BCUT2D eigenvalue weighted by Crippen LogP contribution is 2.23. The van der Waals surface area contributed by atoms with E-state index >= 15 is 0 Å². The van der Waals surface area contributed by atoms with Crippen molar-refractivity contribution in [3.05, 3.63) is 28.5 Å². The van der Waals surface area contributed by atoms with E-state index < -0.39 is 0 Å². The summed E-state index contributed by atoms with van der Waals surface area (Å²) in [5.74, 6) is -0.256. The third-order valence-corrected chi connectivity index (χ3v) is 2.99. The molecule has 0 spiro atoms. The third-order valence-electron chi connectivity index (χ3n) is 2.33. The standard InChI is InChI=1S/C13H19BrFNO2/c1-3-17-13(18-4-2)7-8-16-12-6-5-10(15)9-11(12)14/h5-6,9,13,16H,3-4,7-8H2,1-2H3. The van der Waals surface area contributed by atoms with Crippen molar-refractivity contribution >= 4 is 21.6 Å². The molecular weight excluding hydrogens is 301 g/mol. The molecule has 0 bridgehead atoms. The van der Waals surface area contributed by atoms with Crippen molar-refractivity contribution < 1.29 is 13.9 Å². The smallest absolute Gasteiger partial charge is 0.159 e. The highest BCUT2D eigenvalue weighted by Gasteiger charge is 2.08. The molecule has 0 heterocycles. The van der Waals surface area contributed by atoms with Gasteiger partial charge in [0.1, 0.15) is 5.82 Å². The van der Waals surface area contributed by atoms with Gasteiger partial charge < -0.3 is 14.8 Å². The summed E-state index contributed by atoms with van der Waals surface area (Å²) in [6.45, 7) is 5.84. The molecule has 0 aliphatic heterocycles. The van der Waals surface area contributed by atoms with E-state index in [0.717, 1.165) is 12.1 Å². The van der Waals surface area contributed by atoms with E-state index in [1.54, 1.807) is 6.07 Å². The first-order chi connectivity index (χ1) is 8.67. The van der Waals surface area contributed by atoms with Crippen LogP contribution in [0.25, 0.3) is 0 Å². The van der Waals surface area contributed by atoms with Crippen LogP contribution in [-0.4, -0.2) is 26.0 Å². The van der Waals surface area contributed by atoms with Gasteiger partial charge in [-0.1, -0.05) is 0 Å².